The molecule has 1 aromatic carbocycles. The maximum absolute atomic E-state index is 15.3. The minimum atomic E-state index is -0.425. The van der Waals surface area contributed by atoms with Crippen molar-refractivity contribution in [2.24, 2.45) is 7.05 Å². The molecule has 0 spiro atoms. The second kappa shape index (κ2) is 9.98. The number of nitrogens with one attached hydrogen (secondary N) is 3. The molecule has 0 aliphatic heterocycles. The molecule has 1 aliphatic rings. The molecule has 0 bridgehead atoms. The number of carbonyl (C=O) groups is 1. The number of aromatic nitrogens is 5. The van der Waals surface area contributed by atoms with Gasteiger partial charge < -0.3 is 15.6 Å². The first-order valence-electron chi connectivity index (χ1n) is 13.1. The van der Waals surface area contributed by atoms with Crippen LogP contribution in [0.5, 0.6) is 0 Å². The van der Waals surface area contributed by atoms with Crippen molar-refractivity contribution in [1.29, 1.82) is 0 Å². The van der Waals surface area contributed by atoms with Gasteiger partial charge >= 0.3 is 0 Å². The Balaban J connectivity index is 1.35. The predicted octanol–water partition coefficient (Wildman–Crippen LogP) is 4.97. The molecule has 6 rings (SSSR count). The molecular formula is C29H30FN7O. The maximum atomic E-state index is 15.3. The summed E-state index contributed by atoms with van der Waals surface area (Å²) in [6, 6.07) is 9.47. The van der Waals surface area contributed by atoms with E-state index in [1.54, 1.807) is 41.3 Å². The molecule has 5 aromatic rings. The van der Waals surface area contributed by atoms with Crippen molar-refractivity contribution in [1.82, 2.24) is 35.4 Å². The molecule has 8 nitrogen and oxygen atoms in total. The van der Waals surface area contributed by atoms with Gasteiger partial charge in [-0.3, -0.25) is 14.5 Å². The highest BCUT2D eigenvalue weighted by Crippen LogP contribution is 2.36. The van der Waals surface area contributed by atoms with E-state index in [9.17, 15) is 4.79 Å². The van der Waals surface area contributed by atoms with Crippen molar-refractivity contribution in [3.63, 3.8) is 0 Å². The molecule has 38 heavy (non-hydrogen) atoms. The number of rotatable bonds is 6. The summed E-state index contributed by atoms with van der Waals surface area (Å²) in [7, 11) is 1.85. The first kappa shape index (κ1) is 24.2. The van der Waals surface area contributed by atoms with Gasteiger partial charge in [-0.15, -0.1) is 0 Å². The van der Waals surface area contributed by atoms with E-state index in [4.69, 9.17) is 0 Å². The van der Waals surface area contributed by atoms with Gasteiger partial charge in [0.25, 0.3) is 5.91 Å². The summed E-state index contributed by atoms with van der Waals surface area (Å²) >= 11 is 0. The average molecular weight is 512 g/mol. The number of benzene rings is 1. The Morgan fingerprint density at radius 1 is 1.08 bits per heavy atom. The van der Waals surface area contributed by atoms with Crippen LogP contribution in [0.25, 0.3) is 44.3 Å². The van der Waals surface area contributed by atoms with Gasteiger partial charge in [0.1, 0.15) is 11.5 Å². The molecule has 1 aliphatic carbocycles. The Kier molecular flexibility index (Phi) is 6.37. The lowest BCUT2D eigenvalue weighted by Crippen LogP contribution is -2.51. The van der Waals surface area contributed by atoms with E-state index in [1.807, 2.05) is 19.3 Å². The monoisotopic (exact) mass is 511 g/mol. The summed E-state index contributed by atoms with van der Waals surface area (Å²) in [5.74, 6) is -0.531. The Bertz CT molecular complexity index is 1620. The zero-order chi connectivity index (χ0) is 26.2. The van der Waals surface area contributed by atoms with Crippen molar-refractivity contribution in [3.05, 3.63) is 66.5 Å². The fourth-order valence-electron chi connectivity index (χ4n) is 5.58. The third-order valence-electron chi connectivity index (χ3n) is 7.44. The first-order valence-corrected chi connectivity index (χ1v) is 13.1. The number of pyridine rings is 2. The molecule has 9 heteroatoms. The van der Waals surface area contributed by atoms with E-state index in [0.717, 1.165) is 48.0 Å². The molecule has 0 radical (unpaired) electrons. The minimum Gasteiger partial charge on any atom is -0.348 e. The number of hydrogen-bond acceptors (Lipinski definition) is 5. The fourth-order valence-corrected chi connectivity index (χ4v) is 5.58. The molecule has 3 N–H and O–H groups in total. The normalized spacial score (nSPS) is 17.8. The Hall–Kier alpha value is -4.11. The van der Waals surface area contributed by atoms with Crippen LogP contribution in [0.1, 0.15) is 43.0 Å². The standard InChI is InChI=1S/C29H30FN7O/c1-3-31-22-6-4-5-7-23(22)36-29(38)18-10-8-17(9-11-18)26-21(30)14-33-28-27(26)20-12-24(32-15-25(20)35-28)19-13-34-37(2)16-19/h8-16,22-23,31H,3-7H2,1-2H3,(H,33,35)(H,36,38)/t22?,23-/m0/s1. The van der Waals surface area contributed by atoms with Gasteiger partial charge in [-0.25, -0.2) is 9.37 Å². The van der Waals surface area contributed by atoms with Crippen LogP contribution in [0.2, 0.25) is 0 Å². The van der Waals surface area contributed by atoms with Crippen LogP contribution in [-0.4, -0.2) is 49.3 Å². The largest absolute Gasteiger partial charge is 0.348 e. The second-order valence-corrected chi connectivity index (χ2v) is 9.95. The summed E-state index contributed by atoms with van der Waals surface area (Å²) in [4.78, 5) is 25.2. The van der Waals surface area contributed by atoms with Crippen LogP contribution >= 0.6 is 0 Å². The van der Waals surface area contributed by atoms with Gasteiger partial charge in [-0.1, -0.05) is 31.9 Å². The van der Waals surface area contributed by atoms with Gasteiger partial charge in [-0.05, 0) is 43.1 Å². The molecule has 4 aromatic heterocycles. The number of amides is 1. The van der Waals surface area contributed by atoms with Crippen LogP contribution in [0.15, 0.2) is 55.1 Å². The van der Waals surface area contributed by atoms with Gasteiger partial charge in [0.05, 0.1) is 29.8 Å². The number of carbonyl (C=O) groups excluding carboxylic acids is 1. The number of likely N-dealkylation sites (N-methyl/N-ethyl adjacent to an activating group) is 1. The van der Waals surface area contributed by atoms with E-state index in [0.29, 0.717) is 33.8 Å². The molecule has 194 valence electrons. The summed E-state index contributed by atoms with van der Waals surface area (Å²) in [6.07, 6.45) is 10.9. The van der Waals surface area contributed by atoms with Crippen molar-refractivity contribution in [2.45, 2.75) is 44.7 Å². The minimum absolute atomic E-state index is 0.106. The van der Waals surface area contributed by atoms with Crippen molar-refractivity contribution >= 4 is 27.8 Å². The lowest BCUT2D eigenvalue weighted by atomic mass is 9.90. The summed E-state index contributed by atoms with van der Waals surface area (Å²) < 4.78 is 17.0. The van der Waals surface area contributed by atoms with E-state index < -0.39 is 5.82 Å². The van der Waals surface area contributed by atoms with E-state index >= 15 is 4.39 Å². The Morgan fingerprint density at radius 2 is 1.87 bits per heavy atom. The van der Waals surface area contributed by atoms with Crippen LogP contribution in [0.3, 0.4) is 0 Å². The fraction of sp³-hybridized carbons (Fsp3) is 0.310. The lowest BCUT2D eigenvalue weighted by molar-refractivity contribution is 0.0915. The molecule has 1 unspecified atom stereocenters. The van der Waals surface area contributed by atoms with E-state index in [2.05, 4.69) is 37.6 Å². The van der Waals surface area contributed by atoms with Crippen LogP contribution < -0.4 is 10.6 Å². The van der Waals surface area contributed by atoms with Crippen molar-refractivity contribution in [3.8, 4) is 22.4 Å². The van der Waals surface area contributed by atoms with E-state index in [1.165, 1.54) is 12.6 Å². The third-order valence-corrected chi connectivity index (χ3v) is 7.44. The predicted molar refractivity (Wildman–Crippen MR) is 146 cm³/mol. The van der Waals surface area contributed by atoms with Crippen LogP contribution in [0.4, 0.5) is 4.39 Å². The van der Waals surface area contributed by atoms with Gasteiger partial charge in [0.15, 0.2) is 0 Å². The first-order chi connectivity index (χ1) is 18.5. The molecule has 1 fully saturated rings. The highest BCUT2D eigenvalue weighted by atomic mass is 19.1. The number of aryl methyl sites for hydroxylation is 1. The number of hydrogen-bond donors (Lipinski definition) is 3. The van der Waals surface area contributed by atoms with Gasteiger partial charge in [0.2, 0.25) is 0 Å². The molecule has 1 amide bonds. The average Bonchev–Trinajstić information content (AvgIpc) is 3.53. The molecule has 1 saturated carbocycles. The zero-order valence-electron chi connectivity index (χ0n) is 21.5. The number of fused-ring (bicyclic) bond motifs is 3. The highest BCUT2D eigenvalue weighted by molar-refractivity contribution is 6.13. The number of H-pyrrole nitrogens is 1. The highest BCUT2D eigenvalue weighted by Gasteiger charge is 2.26. The molecular weight excluding hydrogens is 481 g/mol. The smallest absolute Gasteiger partial charge is 0.251 e. The summed E-state index contributed by atoms with van der Waals surface area (Å²) in [5, 5.41) is 12.4. The number of halogens is 1. The SMILES string of the molecule is CCNC1CCCC[C@@H]1NC(=O)c1ccc(-c2c(F)cnc3[nH]c4cnc(-c5cnn(C)c5)cc4c23)cc1. The van der Waals surface area contributed by atoms with Gasteiger partial charge in [-0.2, -0.15) is 5.10 Å². The van der Waals surface area contributed by atoms with Gasteiger partial charge in [0, 0.05) is 52.8 Å². The lowest BCUT2D eigenvalue weighted by Gasteiger charge is -2.32. The summed E-state index contributed by atoms with van der Waals surface area (Å²) in [6.45, 7) is 2.97. The summed E-state index contributed by atoms with van der Waals surface area (Å²) in [5.41, 5.74) is 4.64. The number of nitrogens with zero attached hydrogens (tertiary/aromatic N) is 4. The second-order valence-electron chi connectivity index (χ2n) is 9.95. The van der Waals surface area contributed by atoms with Crippen molar-refractivity contribution in [2.75, 3.05) is 6.54 Å². The Morgan fingerprint density at radius 3 is 2.61 bits per heavy atom. The molecule has 0 saturated heterocycles. The maximum Gasteiger partial charge on any atom is 0.251 e. The topological polar surface area (TPSA) is 101 Å². The third kappa shape index (κ3) is 4.43. The number of aromatic amines is 1. The van der Waals surface area contributed by atoms with Crippen molar-refractivity contribution < 1.29 is 9.18 Å². The zero-order valence-corrected chi connectivity index (χ0v) is 21.5. The Labute approximate surface area is 219 Å². The van der Waals surface area contributed by atoms with E-state index in [-0.39, 0.29) is 11.9 Å². The van der Waals surface area contributed by atoms with Crippen LogP contribution in [-0.2, 0) is 7.05 Å². The molecule has 2 atom stereocenters. The van der Waals surface area contributed by atoms with Crippen LogP contribution in [0, 0.1) is 5.82 Å². The molecule has 4 heterocycles. The quantitative estimate of drug-likeness (QED) is 0.299.